The van der Waals surface area contributed by atoms with Gasteiger partial charge in [-0.15, -0.1) is 0 Å². The van der Waals surface area contributed by atoms with Gasteiger partial charge in [-0.05, 0) is 25.3 Å². The molecule has 0 spiro atoms. The highest BCUT2D eigenvalue weighted by Gasteiger charge is 2.33. The Morgan fingerprint density at radius 1 is 1.22 bits per heavy atom. The molecule has 2 heterocycles. The smallest absolute Gasteiger partial charge is 0.323 e. The van der Waals surface area contributed by atoms with Crippen LogP contribution in [0, 0.1) is 0 Å². The maximum Gasteiger partial charge on any atom is 0.323 e. The molecule has 1 aromatic rings. The normalized spacial score (nSPS) is 23.0. The summed E-state index contributed by atoms with van der Waals surface area (Å²) in [5, 5.41) is 9.14. The Bertz CT molecular complexity index is 582. The summed E-state index contributed by atoms with van der Waals surface area (Å²) in [4.78, 5) is 25.5. The van der Waals surface area contributed by atoms with E-state index < -0.39 is 5.97 Å². The number of fused-ring (bicyclic) bond motifs is 1. The first kappa shape index (κ1) is 15.8. The van der Waals surface area contributed by atoms with Gasteiger partial charge in [0.1, 0.15) is 12.3 Å². The number of hydrogen-bond donors (Lipinski definition) is 1. The van der Waals surface area contributed by atoms with Gasteiger partial charge in [0, 0.05) is 18.7 Å². The summed E-state index contributed by atoms with van der Waals surface area (Å²) in [6.07, 6.45) is 2.33. The van der Waals surface area contributed by atoms with Crippen LogP contribution in [0.4, 0.5) is 0 Å². The van der Waals surface area contributed by atoms with Crippen molar-refractivity contribution in [3.05, 3.63) is 29.8 Å². The van der Waals surface area contributed by atoms with E-state index in [0.717, 1.165) is 18.4 Å². The molecular formula is C17H21NO5. The SMILES string of the molecule is O=C(O)CN(C[C@@H]1CCCO1)C(=O)[C@H]1CCOc2ccccc21. The number of nitrogens with zero attached hydrogens (tertiary/aromatic N) is 1. The topological polar surface area (TPSA) is 76.1 Å². The van der Waals surface area contributed by atoms with Gasteiger partial charge in [-0.1, -0.05) is 18.2 Å². The highest BCUT2D eigenvalue weighted by atomic mass is 16.5. The molecule has 0 aliphatic carbocycles. The fourth-order valence-electron chi connectivity index (χ4n) is 3.25. The third kappa shape index (κ3) is 3.64. The van der Waals surface area contributed by atoms with Crippen molar-refractivity contribution in [3.8, 4) is 5.75 Å². The first-order valence-corrected chi connectivity index (χ1v) is 7.99. The number of carboxylic acids is 1. The Labute approximate surface area is 135 Å². The summed E-state index contributed by atoms with van der Waals surface area (Å²) >= 11 is 0. The highest BCUT2D eigenvalue weighted by Crippen LogP contribution is 2.34. The van der Waals surface area contributed by atoms with Crippen molar-refractivity contribution in [2.24, 2.45) is 0 Å². The molecule has 6 heteroatoms. The van der Waals surface area contributed by atoms with Crippen molar-refractivity contribution in [2.45, 2.75) is 31.3 Å². The third-order valence-electron chi connectivity index (χ3n) is 4.34. The van der Waals surface area contributed by atoms with E-state index >= 15 is 0 Å². The molecule has 2 aliphatic rings. The minimum atomic E-state index is -1.00. The van der Waals surface area contributed by atoms with Crippen molar-refractivity contribution < 1.29 is 24.2 Å². The van der Waals surface area contributed by atoms with Gasteiger partial charge in [-0.25, -0.2) is 0 Å². The minimum Gasteiger partial charge on any atom is -0.493 e. The van der Waals surface area contributed by atoms with E-state index in [-0.39, 0.29) is 24.5 Å². The molecule has 1 saturated heterocycles. The van der Waals surface area contributed by atoms with Crippen LogP contribution in [0.25, 0.3) is 0 Å². The molecule has 0 unspecified atom stereocenters. The molecule has 0 radical (unpaired) electrons. The van der Waals surface area contributed by atoms with Crippen LogP contribution in [-0.2, 0) is 14.3 Å². The molecule has 0 aromatic heterocycles. The molecule has 1 fully saturated rings. The average Bonchev–Trinajstić information content (AvgIpc) is 3.05. The molecule has 2 aliphatic heterocycles. The lowest BCUT2D eigenvalue weighted by molar-refractivity contribution is -0.146. The highest BCUT2D eigenvalue weighted by molar-refractivity contribution is 5.87. The number of ether oxygens (including phenoxy) is 2. The zero-order valence-corrected chi connectivity index (χ0v) is 12.9. The fourth-order valence-corrected chi connectivity index (χ4v) is 3.25. The Balaban J connectivity index is 1.78. The second kappa shape index (κ2) is 7.00. The van der Waals surface area contributed by atoms with E-state index in [4.69, 9.17) is 14.6 Å². The summed E-state index contributed by atoms with van der Waals surface area (Å²) in [5.41, 5.74) is 0.839. The van der Waals surface area contributed by atoms with Crippen molar-refractivity contribution in [2.75, 3.05) is 26.3 Å². The van der Waals surface area contributed by atoms with Crippen molar-refractivity contribution >= 4 is 11.9 Å². The van der Waals surface area contributed by atoms with Crippen LogP contribution < -0.4 is 4.74 Å². The molecule has 1 aromatic carbocycles. The number of carbonyl (C=O) groups excluding carboxylic acids is 1. The van der Waals surface area contributed by atoms with Crippen LogP contribution in [0.3, 0.4) is 0 Å². The zero-order chi connectivity index (χ0) is 16.2. The van der Waals surface area contributed by atoms with Crippen molar-refractivity contribution in [1.82, 2.24) is 4.90 Å². The lowest BCUT2D eigenvalue weighted by Gasteiger charge is -2.31. The Hall–Kier alpha value is -2.08. The zero-order valence-electron chi connectivity index (χ0n) is 12.9. The van der Waals surface area contributed by atoms with Crippen LogP contribution in [0.1, 0.15) is 30.7 Å². The van der Waals surface area contributed by atoms with Gasteiger partial charge in [0.2, 0.25) is 5.91 Å². The second-order valence-corrected chi connectivity index (χ2v) is 5.98. The fraction of sp³-hybridized carbons (Fsp3) is 0.529. The van der Waals surface area contributed by atoms with Gasteiger partial charge >= 0.3 is 5.97 Å². The molecule has 3 rings (SSSR count). The molecule has 1 N–H and O–H groups in total. The maximum absolute atomic E-state index is 12.9. The van der Waals surface area contributed by atoms with Crippen LogP contribution in [0.5, 0.6) is 5.75 Å². The number of para-hydroxylation sites is 1. The summed E-state index contributed by atoms with van der Waals surface area (Å²) in [6.45, 7) is 1.19. The summed E-state index contributed by atoms with van der Waals surface area (Å²) in [7, 11) is 0. The van der Waals surface area contributed by atoms with E-state index in [1.165, 1.54) is 4.90 Å². The molecular weight excluding hydrogens is 298 g/mol. The van der Waals surface area contributed by atoms with E-state index in [9.17, 15) is 9.59 Å². The predicted molar refractivity (Wildman–Crippen MR) is 82.5 cm³/mol. The predicted octanol–water partition coefficient (Wildman–Crippen LogP) is 1.64. The minimum absolute atomic E-state index is 0.0617. The van der Waals surface area contributed by atoms with Crippen LogP contribution in [0.2, 0.25) is 0 Å². The molecule has 2 atom stereocenters. The lowest BCUT2D eigenvalue weighted by Crippen LogP contribution is -2.44. The van der Waals surface area contributed by atoms with Gasteiger partial charge in [0.05, 0.1) is 18.6 Å². The summed E-state index contributed by atoms with van der Waals surface area (Å²) < 4.78 is 11.1. The Morgan fingerprint density at radius 2 is 2.04 bits per heavy atom. The van der Waals surface area contributed by atoms with E-state index in [1.807, 2.05) is 24.3 Å². The molecule has 124 valence electrons. The Morgan fingerprint density at radius 3 is 2.78 bits per heavy atom. The molecule has 0 bridgehead atoms. The molecule has 1 amide bonds. The number of hydrogen-bond acceptors (Lipinski definition) is 4. The second-order valence-electron chi connectivity index (χ2n) is 5.98. The third-order valence-corrected chi connectivity index (χ3v) is 4.34. The quantitative estimate of drug-likeness (QED) is 0.893. The van der Waals surface area contributed by atoms with Gasteiger partial charge < -0.3 is 19.5 Å². The average molecular weight is 319 g/mol. The number of rotatable bonds is 5. The van der Waals surface area contributed by atoms with Gasteiger partial charge in [0.25, 0.3) is 0 Å². The lowest BCUT2D eigenvalue weighted by atomic mass is 9.91. The largest absolute Gasteiger partial charge is 0.493 e. The summed E-state index contributed by atoms with van der Waals surface area (Å²) in [6, 6.07) is 7.46. The van der Waals surface area contributed by atoms with Crippen molar-refractivity contribution in [3.63, 3.8) is 0 Å². The standard InChI is InChI=1S/C17H21NO5/c19-16(20)11-18(10-12-4-3-8-22-12)17(21)14-7-9-23-15-6-2-1-5-13(14)15/h1-2,5-6,12,14H,3-4,7-11H2,(H,19,20)/t12-,14-/m0/s1. The van der Waals surface area contributed by atoms with Crippen LogP contribution in [0.15, 0.2) is 24.3 Å². The van der Waals surface area contributed by atoms with Crippen molar-refractivity contribution in [1.29, 1.82) is 0 Å². The van der Waals surface area contributed by atoms with Gasteiger partial charge in [-0.3, -0.25) is 9.59 Å². The van der Waals surface area contributed by atoms with E-state index in [0.29, 0.717) is 31.9 Å². The number of benzene rings is 1. The summed E-state index contributed by atoms with van der Waals surface area (Å²) in [5.74, 6) is -0.791. The maximum atomic E-state index is 12.9. The monoisotopic (exact) mass is 319 g/mol. The Kier molecular flexibility index (Phi) is 4.81. The number of carboxylic acid groups (broad SMARTS) is 1. The molecule has 0 saturated carbocycles. The van der Waals surface area contributed by atoms with E-state index in [2.05, 4.69) is 0 Å². The van der Waals surface area contributed by atoms with Gasteiger partial charge in [-0.2, -0.15) is 0 Å². The molecule has 6 nitrogen and oxygen atoms in total. The van der Waals surface area contributed by atoms with E-state index in [1.54, 1.807) is 0 Å². The molecule has 23 heavy (non-hydrogen) atoms. The number of carbonyl (C=O) groups is 2. The van der Waals surface area contributed by atoms with Crippen LogP contribution >= 0.6 is 0 Å². The number of aliphatic carboxylic acids is 1. The van der Waals surface area contributed by atoms with Crippen LogP contribution in [-0.4, -0.2) is 54.3 Å². The van der Waals surface area contributed by atoms with Gasteiger partial charge in [0.15, 0.2) is 0 Å². The number of amides is 1. The first-order valence-electron chi connectivity index (χ1n) is 7.99. The first-order chi connectivity index (χ1) is 11.1.